The van der Waals surface area contributed by atoms with Crippen molar-refractivity contribution < 1.29 is 4.79 Å². The molecule has 1 amide bonds. The van der Waals surface area contributed by atoms with E-state index in [9.17, 15) is 9.59 Å². The molecule has 0 fully saturated rings. The number of nitrogens with zero attached hydrogens (tertiary/aromatic N) is 4. The lowest BCUT2D eigenvalue weighted by molar-refractivity contribution is -0.120. The lowest BCUT2D eigenvalue weighted by Gasteiger charge is -2.02. The Morgan fingerprint density at radius 3 is 2.83 bits per heavy atom. The summed E-state index contributed by atoms with van der Waals surface area (Å²) < 4.78 is 1.89. The van der Waals surface area contributed by atoms with Gasteiger partial charge in [0.25, 0.3) is 5.56 Å². The first-order valence-electron chi connectivity index (χ1n) is 8.90. The molecule has 3 aromatic heterocycles. The second-order valence-electron chi connectivity index (χ2n) is 6.51. The van der Waals surface area contributed by atoms with Crippen molar-refractivity contribution in [2.45, 2.75) is 20.3 Å². The molecule has 0 unspecified atom stereocenters. The first kappa shape index (κ1) is 18.8. The zero-order valence-electron chi connectivity index (χ0n) is 15.8. The van der Waals surface area contributed by atoms with Gasteiger partial charge >= 0.3 is 0 Å². The average molecular weight is 406 g/mol. The minimum Gasteiger partial charge on any atom is -0.309 e. The number of amides is 1. The Kier molecular flexibility index (Phi) is 5.05. The van der Waals surface area contributed by atoms with E-state index in [1.807, 2.05) is 48.9 Å². The van der Waals surface area contributed by atoms with E-state index >= 15 is 0 Å². The molecule has 29 heavy (non-hydrogen) atoms. The highest BCUT2D eigenvalue weighted by atomic mass is 32.1. The van der Waals surface area contributed by atoms with Gasteiger partial charge in [-0.15, -0.1) is 11.3 Å². The predicted octanol–water partition coefficient (Wildman–Crippen LogP) is 2.48. The van der Waals surface area contributed by atoms with Crippen molar-refractivity contribution in [3.05, 3.63) is 75.2 Å². The second-order valence-corrected chi connectivity index (χ2v) is 7.71. The number of hydrogen-bond donors (Lipinski definition) is 2. The maximum atomic E-state index is 12.3. The van der Waals surface area contributed by atoms with Gasteiger partial charge in [-0.25, -0.2) is 15.4 Å². The summed E-state index contributed by atoms with van der Waals surface area (Å²) in [6, 6.07) is 7.64. The molecule has 0 bridgehead atoms. The van der Waals surface area contributed by atoms with E-state index in [0.717, 1.165) is 21.7 Å². The molecule has 2 N–H and O–H groups in total. The minimum atomic E-state index is -0.358. The summed E-state index contributed by atoms with van der Waals surface area (Å²) in [5.41, 5.74) is 4.99. The van der Waals surface area contributed by atoms with Crippen LogP contribution in [-0.4, -0.2) is 31.6 Å². The highest BCUT2D eigenvalue weighted by molar-refractivity contribution is 7.18. The van der Waals surface area contributed by atoms with E-state index < -0.39 is 0 Å². The van der Waals surface area contributed by atoms with E-state index in [2.05, 4.69) is 25.5 Å². The standard InChI is InChI=1S/C20H18N6O2S/c1-12-13(2)29-20-18(12)19(28)23-16(24-20)9-17(27)25-22-10-14-3-5-15(6-4-14)26-8-7-21-11-26/h3-8,10-11H,9H2,1-2H3,(H,25,27)(H,23,24,28)/b22-10-. The van der Waals surface area contributed by atoms with Crippen LogP contribution in [0.2, 0.25) is 0 Å². The largest absolute Gasteiger partial charge is 0.309 e. The number of hydrazone groups is 1. The first-order chi connectivity index (χ1) is 14.0. The quantitative estimate of drug-likeness (QED) is 0.392. The number of nitrogens with one attached hydrogen (secondary N) is 2. The summed E-state index contributed by atoms with van der Waals surface area (Å²) in [5.74, 6) is -0.0371. The fraction of sp³-hybridized carbons (Fsp3) is 0.150. The Labute approximate surface area is 170 Å². The summed E-state index contributed by atoms with van der Waals surface area (Å²) in [5, 5.41) is 4.56. The van der Waals surface area contributed by atoms with Crippen molar-refractivity contribution in [1.29, 1.82) is 0 Å². The summed E-state index contributed by atoms with van der Waals surface area (Å²) in [4.78, 5) is 37.2. The van der Waals surface area contributed by atoms with Crippen LogP contribution in [0.1, 0.15) is 21.8 Å². The van der Waals surface area contributed by atoms with Crippen LogP contribution in [0.5, 0.6) is 0 Å². The molecule has 0 saturated heterocycles. The second kappa shape index (κ2) is 7.80. The highest BCUT2D eigenvalue weighted by Crippen LogP contribution is 2.25. The van der Waals surface area contributed by atoms with Gasteiger partial charge in [-0.2, -0.15) is 5.10 Å². The van der Waals surface area contributed by atoms with Gasteiger partial charge in [0.2, 0.25) is 5.91 Å². The number of aryl methyl sites for hydroxylation is 2. The molecule has 0 radical (unpaired) electrons. The Morgan fingerprint density at radius 2 is 2.10 bits per heavy atom. The Bertz CT molecular complexity index is 1250. The van der Waals surface area contributed by atoms with Crippen molar-refractivity contribution in [3.63, 3.8) is 0 Å². The van der Waals surface area contributed by atoms with Crippen LogP contribution in [0.25, 0.3) is 15.9 Å². The number of hydrogen-bond acceptors (Lipinski definition) is 6. The molecule has 0 atom stereocenters. The third-order valence-electron chi connectivity index (χ3n) is 4.51. The Morgan fingerprint density at radius 1 is 1.31 bits per heavy atom. The molecule has 0 aliphatic heterocycles. The van der Waals surface area contributed by atoms with Crippen molar-refractivity contribution in [3.8, 4) is 5.69 Å². The number of H-pyrrole nitrogens is 1. The van der Waals surface area contributed by atoms with Crippen LogP contribution in [0.3, 0.4) is 0 Å². The van der Waals surface area contributed by atoms with Crippen molar-refractivity contribution >= 4 is 33.7 Å². The maximum absolute atomic E-state index is 12.3. The number of aromatic nitrogens is 4. The van der Waals surface area contributed by atoms with Crippen LogP contribution >= 0.6 is 11.3 Å². The molecule has 9 heteroatoms. The maximum Gasteiger partial charge on any atom is 0.259 e. The fourth-order valence-corrected chi connectivity index (χ4v) is 3.95. The van der Waals surface area contributed by atoms with Crippen molar-refractivity contribution in [2.24, 2.45) is 5.10 Å². The van der Waals surface area contributed by atoms with Crippen LogP contribution < -0.4 is 11.0 Å². The molecule has 146 valence electrons. The minimum absolute atomic E-state index is 0.0575. The summed E-state index contributed by atoms with van der Waals surface area (Å²) in [7, 11) is 0. The summed E-state index contributed by atoms with van der Waals surface area (Å²) in [6.07, 6.45) is 6.79. The summed E-state index contributed by atoms with van der Waals surface area (Å²) in [6.45, 7) is 3.85. The molecule has 4 aromatic rings. The van der Waals surface area contributed by atoms with E-state index in [1.165, 1.54) is 11.3 Å². The lowest BCUT2D eigenvalue weighted by atomic mass is 10.2. The fourth-order valence-electron chi connectivity index (χ4n) is 2.90. The van der Waals surface area contributed by atoms with Gasteiger partial charge in [0, 0.05) is 23.0 Å². The number of fused-ring (bicyclic) bond motifs is 1. The lowest BCUT2D eigenvalue weighted by Crippen LogP contribution is -2.23. The Hall–Kier alpha value is -3.59. The van der Waals surface area contributed by atoms with Gasteiger partial charge in [0.05, 0.1) is 24.3 Å². The summed E-state index contributed by atoms with van der Waals surface area (Å²) >= 11 is 1.45. The van der Waals surface area contributed by atoms with Crippen molar-refractivity contribution in [2.75, 3.05) is 0 Å². The van der Waals surface area contributed by atoms with E-state index in [1.54, 1.807) is 18.7 Å². The monoisotopic (exact) mass is 406 g/mol. The third kappa shape index (κ3) is 3.99. The van der Waals surface area contributed by atoms with Gasteiger partial charge in [0.1, 0.15) is 10.7 Å². The van der Waals surface area contributed by atoms with Gasteiger partial charge in [-0.05, 0) is 37.1 Å². The topological polar surface area (TPSA) is 105 Å². The van der Waals surface area contributed by atoms with Crippen LogP contribution in [0, 0.1) is 13.8 Å². The number of carbonyl (C=O) groups is 1. The molecular formula is C20H18N6O2S. The van der Waals surface area contributed by atoms with Crippen LogP contribution in [-0.2, 0) is 11.2 Å². The smallest absolute Gasteiger partial charge is 0.259 e. The predicted molar refractivity (Wildman–Crippen MR) is 113 cm³/mol. The molecule has 0 aliphatic rings. The molecule has 0 spiro atoms. The molecule has 4 rings (SSSR count). The number of benzene rings is 1. The zero-order valence-corrected chi connectivity index (χ0v) is 16.7. The number of thiophene rings is 1. The highest BCUT2D eigenvalue weighted by Gasteiger charge is 2.13. The van der Waals surface area contributed by atoms with E-state index in [0.29, 0.717) is 16.0 Å². The van der Waals surface area contributed by atoms with Gasteiger partial charge < -0.3 is 9.55 Å². The SMILES string of the molecule is Cc1sc2nc(CC(=O)N/N=C\c3ccc(-n4ccnc4)cc3)[nH]c(=O)c2c1C. The number of imidazole rings is 1. The van der Waals surface area contributed by atoms with E-state index in [4.69, 9.17) is 0 Å². The van der Waals surface area contributed by atoms with E-state index in [-0.39, 0.29) is 17.9 Å². The average Bonchev–Trinajstić information content (AvgIpc) is 3.31. The molecule has 0 aliphatic carbocycles. The van der Waals surface area contributed by atoms with Gasteiger partial charge in [0.15, 0.2) is 0 Å². The molecule has 0 saturated carbocycles. The first-order valence-corrected chi connectivity index (χ1v) is 9.72. The van der Waals surface area contributed by atoms with Gasteiger partial charge in [-0.1, -0.05) is 12.1 Å². The molecular weight excluding hydrogens is 388 g/mol. The van der Waals surface area contributed by atoms with Crippen LogP contribution in [0.4, 0.5) is 0 Å². The third-order valence-corrected chi connectivity index (χ3v) is 5.62. The normalized spacial score (nSPS) is 11.4. The van der Waals surface area contributed by atoms with Crippen LogP contribution in [0.15, 0.2) is 52.9 Å². The molecule has 3 heterocycles. The molecule has 8 nitrogen and oxygen atoms in total. The zero-order chi connectivity index (χ0) is 20.4. The number of rotatable bonds is 5. The Balaban J connectivity index is 1.40. The van der Waals surface area contributed by atoms with Gasteiger partial charge in [-0.3, -0.25) is 9.59 Å². The molecule has 1 aromatic carbocycles. The number of aromatic amines is 1. The van der Waals surface area contributed by atoms with Crippen molar-refractivity contribution in [1.82, 2.24) is 24.9 Å². The number of carbonyl (C=O) groups excluding carboxylic acids is 1.